The first-order valence-electron chi connectivity index (χ1n) is 7.00. The molecular formula is C14H22N2S2. The van der Waals surface area contributed by atoms with Crippen molar-refractivity contribution >= 4 is 23.1 Å². The van der Waals surface area contributed by atoms with Crippen molar-refractivity contribution in [3.63, 3.8) is 0 Å². The van der Waals surface area contributed by atoms with Crippen LogP contribution in [0.3, 0.4) is 0 Å². The number of piperazine rings is 1. The summed E-state index contributed by atoms with van der Waals surface area (Å²) in [6.45, 7) is 4.73. The van der Waals surface area contributed by atoms with E-state index in [1.807, 2.05) is 11.3 Å². The molecule has 0 aromatic carbocycles. The molecule has 0 amide bonds. The lowest BCUT2D eigenvalue weighted by atomic mass is 9.88. The van der Waals surface area contributed by atoms with Gasteiger partial charge in [0.1, 0.15) is 0 Å². The van der Waals surface area contributed by atoms with Crippen molar-refractivity contribution in [1.29, 1.82) is 0 Å². The molecule has 0 aliphatic carbocycles. The smallest absolute Gasteiger partial charge is 0.0386 e. The summed E-state index contributed by atoms with van der Waals surface area (Å²) in [6.07, 6.45) is 2.80. The van der Waals surface area contributed by atoms with Crippen molar-refractivity contribution in [3.05, 3.63) is 22.4 Å². The van der Waals surface area contributed by atoms with Crippen molar-refractivity contribution < 1.29 is 0 Å². The van der Waals surface area contributed by atoms with Crippen molar-refractivity contribution in [1.82, 2.24) is 10.2 Å². The highest BCUT2D eigenvalue weighted by Gasteiger charge is 2.31. The molecule has 1 aromatic rings. The third-order valence-electron chi connectivity index (χ3n) is 4.14. The Bertz CT molecular complexity index is 323. The van der Waals surface area contributed by atoms with E-state index < -0.39 is 0 Å². The number of nitrogens with one attached hydrogen (secondary N) is 1. The fourth-order valence-corrected chi connectivity index (χ4v) is 5.05. The van der Waals surface area contributed by atoms with Gasteiger partial charge in [-0.05, 0) is 52.7 Å². The SMILES string of the molecule is c1cc([C@@H](C2CCSCC2)N2CCNCC2)cs1. The second-order valence-corrected chi connectivity index (χ2v) is 7.24. The van der Waals surface area contributed by atoms with Crippen LogP contribution >= 0.6 is 23.1 Å². The quantitative estimate of drug-likeness (QED) is 0.918. The maximum atomic E-state index is 3.47. The van der Waals surface area contributed by atoms with Gasteiger partial charge in [0, 0.05) is 32.2 Å². The maximum Gasteiger partial charge on any atom is 0.0386 e. The lowest BCUT2D eigenvalue weighted by Gasteiger charge is -2.40. The molecule has 0 spiro atoms. The van der Waals surface area contributed by atoms with Crippen LogP contribution in [0.5, 0.6) is 0 Å². The third-order valence-corrected chi connectivity index (χ3v) is 5.89. The van der Waals surface area contributed by atoms with Gasteiger partial charge in [0.2, 0.25) is 0 Å². The van der Waals surface area contributed by atoms with Crippen molar-refractivity contribution in [2.24, 2.45) is 5.92 Å². The number of thiophene rings is 1. The van der Waals surface area contributed by atoms with E-state index in [1.54, 1.807) is 5.56 Å². The Hall–Kier alpha value is -0.0300. The van der Waals surface area contributed by atoms with Crippen LogP contribution in [-0.4, -0.2) is 42.6 Å². The topological polar surface area (TPSA) is 15.3 Å². The maximum absolute atomic E-state index is 3.47. The third kappa shape index (κ3) is 2.93. The van der Waals surface area contributed by atoms with Gasteiger partial charge in [-0.3, -0.25) is 4.90 Å². The molecule has 0 unspecified atom stereocenters. The van der Waals surface area contributed by atoms with Crippen molar-refractivity contribution in [2.45, 2.75) is 18.9 Å². The Balaban J connectivity index is 1.78. The van der Waals surface area contributed by atoms with Gasteiger partial charge in [-0.1, -0.05) is 0 Å². The van der Waals surface area contributed by atoms with E-state index >= 15 is 0 Å². The van der Waals surface area contributed by atoms with Gasteiger partial charge in [-0.2, -0.15) is 23.1 Å². The summed E-state index contributed by atoms with van der Waals surface area (Å²) in [6, 6.07) is 3.03. The molecule has 100 valence electrons. The van der Waals surface area contributed by atoms with E-state index in [0.717, 1.165) is 19.0 Å². The van der Waals surface area contributed by atoms with E-state index in [1.165, 1.54) is 37.4 Å². The predicted octanol–water partition coefficient (Wildman–Crippen LogP) is 2.84. The average Bonchev–Trinajstić information content (AvgIpc) is 2.95. The monoisotopic (exact) mass is 282 g/mol. The summed E-state index contributed by atoms with van der Waals surface area (Å²) < 4.78 is 0. The Labute approximate surface area is 118 Å². The molecule has 0 radical (unpaired) electrons. The molecular weight excluding hydrogens is 260 g/mol. The molecule has 2 fully saturated rings. The zero-order chi connectivity index (χ0) is 12.2. The van der Waals surface area contributed by atoms with Gasteiger partial charge >= 0.3 is 0 Å². The molecule has 2 nitrogen and oxygen atoms in total. The second kappa shape index (κ2) is 6.42. The minimum Gasteiger partial charge on any atom is -0.314 e. The Morgan fingerprint density at radius 1 is 1.22 bits per heavy atom. The van der Waals surface area contributed by atoms with Crippen molar-refractivity contribution in [3.8, 4) is 0 Å². The second-order valence-electron chi connectivity index (χ2n) is 5.24. The van der Waals surface area contributed by atoms with Crippen LogP contribution in [0.2, 0.25) is 0 Å². The number of thioether (sulfide) groups is 1. The van der Waals surface area contributed by atoms with Gasteiger partial charge in [-0.25, -0.2) is 0 Å². The molecule has 3 heterocycles. The largest absolute Gasteiger partial charge is 0.314 e. The Morgan fingerprint density at radius 3 is 2.67 bits per heavy atom. The lowest BCUT2D eigenvalue weighted by Crippen LogP contribution is -2.47. The van der Waals surface area contributed by atoms with Crippen LogP contribution in [-0.2, 0) is 0 Å². The highest BCUT2D eigenvalue weighted by Crippen LogP contribution is 2.38. The van der Waals surface area contributed by atoms with Crippen LogP contribution in [0, 0.1) is 5.92 Å². The van der Waals surface area contributed by atoms with Crippen molar-refractivity contribution in [2.75, 3.05) is 37.7 Å². The van der Waals surface area contributed by atoms with Gasteiger partial charge in [0.05, 0.1) is 0 Å². The number of hydrogen-bond acceptors (Lipinski definition) is 4. The zero-order valence-electron chi connectivity index (χ0n) is 10.8. The highest BCUT2D eigenvalue weighted by atomic mass is 32.2. The summed E-state index contributed by atoms with van der Waals surface area (Å²) in [5, 5.41) is 8.08. The predicted molar refractivity (Wildman–Crippen MR) is 81.6 cm³/mol. The highest BCUT2D eigenvalue weighted by molar-refractivity contribution is 7.99. The van der Waals surface area contributed by atoms with E-state index in [-0.39, 0.29) is 0 Å². The van der Waals surface area contributed by atoms with Crippen LogP contribution in [0.25, 0.3) is 0 Å². The van der Waals surface area contributed by atoms with Gasteiger partial charge in [0.25, 0.3) is 0 Å². The van der Waals surface area contributed by atoms with Gasteiger partial charge in [-0.15, -0.1) is 0 Å². The summed E-state index contributed by atoms with van der Waals surface area (Å²) in [5.74, 6) is 3.59. The molecule has 0 saturated carbocycles. The average molecular weight is 282 g/mol. The summed E-state index contributed by atoms with van der Waals surface area (Å²) in [4.78, 5) is 2.72. The molecule has 2 aliphatic heterocycles. The van der Waals surface area contributed by atoms with E-state index in [0.29, 0.717) is 6.04 Å². The normalized spacial score (nSPS) is 25.1. The van der Waals surface area contributed by atoms with Crippen LogP contribution in [0.4, 0.5) is 0 Å². The first kappa shape index (κ1) is 13.0. The summed E-state index contributed by atoms with van der Waals surface area (Å²) in [5.41, 5.74) is 1.57. The fourth-order valence-electron chi connectivity index (χ4n) is 3.22. The van der Waals surface area contributed by atoms with Crippen LogP contribution in [0.1, 0.15) is 24.4 Å². The summed E-state index contributed by atoms with van der Waals surface area (Å²) in [7, 11) is 0. The molecule has 18 heavy (non-hydrogen) atoms. The number of rotatable bonds is 3. The van der Waals surface area contributed by atoms with Crippen LogP contribution in [0.15, 0.2) is 16.8 Å². The van der Waals surface area contributed by atoms with Gasteiger partial charge in [0.15, 0.2) is 0 Å². The first-order chi connectivity index (χ1) is 8.95. The Kier molecular flexibility index (Phi) is 4.63. The summed E-state index contributed by atoms with van der Waals surface area (Å²) >= 11 is 3.98. The molecule has 2 aliphatic rings. The minimum atomic E-state index is 0.680. The van der Waals surface area contributed by atoms with Crippen LogP contribution < -0.4 is 5.32 Å². The lowest BCUT2D eigenvalue weighted by molar-refractivity contribution is 0.119. The molecule has 4 heteroatoms. The molecule has 2 saturated heterocycles. The Morgan fingerprint density at radius 2 is 2.00 bits per heavy atom. The molecule has 3 rings (SSSR count). The standard InChI is InChI=1S/C14H22N2S2/c1-8-17-9-2-12(1)14(13-3-10-18-11-13)16-6-4-15-5-7-16/h3,10-12,14-15H,1-2,4-9H2/t14-/m1/s1. The fraction of sp³-hybridized carbons (Fsp3) is 0.714. The number of nitrogens with zero attached hydrogens (tertiary/aromatic N) is 1. The number of hydrogen-bond donors (Lipinski definition) is 1. The van der Waals surface area contributed by atoms with E-state index in [2.05, 4.69) is 38.8 Å². The minimum absolute atomic E-state index is 0.680. The first-order valence-corrected chi connectivity index (χ1v) is 9.09. The van der Waals surface area contributed by atoms with E-state index in [4.69, 9.17) is 0 Å². The molecule has 0 bridgehead atoms. The van der Waals surface area contributed by atoms with E-state index in [9.17, 15) is 0 Å². The molecule has 1 aromatic heterocycles. The molecule has 1 N–H and O–H groups in total. The molecule has 1 atom stereocenters. The van der Waals surface area contributed by atoms with Gasteiger partial charge < -0.3 is 5.32 Å². The zero-order valence-corrected chi connectivity index (χ0v) is 12.4.